The molecule has 0 radical (unpaired) electrons. The Kier molecular flexibility index (Phi) is 2.58. The van der Waals surface area contributed by atoms with E-state index < -0.39 is 0 Å². The summed E-state index contributed by atoms with van der Waals surface area (Å²) < 4.78 is 1.64. The van der Waals surface area contributed by atoms with Gasteiger partial charge in [-0.15, -0.1) is 0 Å². The van der Waals surface area contributed by atoms with Gasteiger partial charge in [-0.1, -0.05) is 0 Å². The maximum atomic E-state index is 11.4. The van der Waals surface area contributed by atoms with E-state index in [4.69, 9.17) is 0 Å². The maximum absolute atomic E-state index is 11.4. The highest BCUT2D eigenvalue weighted by molar-refractivity contribution is 5.55. The van der Waals surface area contributed by atoms with Crippen LogP contribution in [0.1, 0.15) is 6.92 Å². The summed E-state index contributed by atoms with van der Waals surface area (Å²) in [7, 11) is 0. The second-order valence-electron chi connectivity index (χ2n) is 3.13. The molecule has 0 atom stereocenters. The van der Waals surface area contributed by atoms with Gasteiger partial charge in [0.15, 0.2) is 0 Å². The van der Waals surface area contributed by atoms with Gasteiger partial charge >= 0.3 is 0 Å². The number of rotatable bonds is 2. The molecule has 0 aliphatic heterocycles. The summed E-state index contributed by atoms with van der Waals surface area (Å²) in [5.74, 6) is 0. The average molecular weight is 201 g/mol. The van der Waals surface area contributed by atoms with Crippen LogP contribution >= 0.6 is 0 Å². The standard InChI is InChI=1S/C11H11N3O/c1-2-14-8-9(3-4-11(14)15)10-7-12-5-6-13-10/h3-8H,2H2,1H3. The van der Waals surface area contributed by atoms with Gasteiger partial charge in [0.05, 0.1) is 11.9 Å². The number of hydrogen-bond acceptors (Lipinski definition) is 3. The van der Waals surface area contributed by atoms with E-state index in [0.29, 0.717) is 6.54 Å². The Bertz CT molecular complexity index is 505. The van der Waals surface area contributed by atoms with Gasteiger partial charge in [0.25, 0.3) is 5.56 Å². The molecule has 4 heteroatoms. The highest BCUT2D eigenvalue weighted by atomic mass is 16.1. The highest BCUT2D eigenvalue weighted by Crippen LogP contribution is 2.12. The third-order valence-electron chi connectivity index (χ3n) is 2.18. The first-order valence-electron chi connectivity index (χ1n) is 4.78. The van der Waals surface area contributed by atoms with Crippen LogP contribution in [0.3, 0.4) is 0 Å². The summed E-state index contributed by atoms with van der Waals surface area (Å²) in [6.07, 6.45) is 6.74. The normalized spacial score (nSPS) is 10.2. The van der Waals surface area contributed by atoms with Gasteiger partial charge in [0.1, 0.15) is 0 Å². The quantitative estimate of drug-likeness (QED) is 0.736. The van der Waals surface area contributed by atoms with Gasteiger partial charge in [-0.2, -0.15) is 0 Å². The molecule has 0 bridgehead atoms. The van der Waals surface area contributed by atoms with Crippen LogP contribution in [0.25, 0.3) is 11.3 Å². The lowest BCUT2D eigenvalue weighted by atomic mass is 10.2. The van der Waals surface area contributed by atoms with Crippen LogP contribution in [-0.4, -0.2) is 14.5 Å². The van der Waals surface area contributed by atoms with E-state index in [0.717, 1.165) is 11.3 Å². The van der Waals surface area contributed by atoms with Crippen molar-refractivity contribution < 1.29 is 0 Å². The smallest absolute Gasteiger partial charge is 0.250 e. The molecular formula is C11H11N3O. The third kappa shape index (κ3) is 1.93. The van der Waals surface area contributed by atoms with Crippen molar-refractivity contribution in [3.8, 4) is 11.3 Å². The molecule has 15 heavy (non-hydrogen) atoms. The zero-order valence-corrected chi connectivity index (χ0v) is 8.42. The van der Waals surface area contributed by atoms with Crippen molar-refractivity contribution in [3.05, 3.63) is 47.3 Å². The summed E-state index contributed by atoms with van der Waals surface area (Å²) >= 11 is 0. The van der Waals surface area contributed by atoms with Crippen LogP contribution in [0, 0.1) is 0 Å². The monoisotopic (exact) mass is 201 g/mol. The predicted octanol–water partition coefficient (Wildman–Crippen LogP) is 1.33. The van der Waals surface area contributed by atoms with Crippen LogP contribution in [0.15, 0.2) is 41.7 Å². The number of nitrogens with zero attached hydrogens (tertiary/aromatic N) is 3. The van der Waals surface area contributed by atoms with Crippen LogP contribution in [0.2, 0.25) is 0 Å². The lowest BCUT2D eigenvalue weighted by Gasteiger charge is -2.04. The SMILES string of the molecule is CCn1cc(-c2cnccn2)ccc1=O. The number of aryl methyl sites for hydroxylation is 1. The first kappa shape index (κ1) is 9.58. The zero-order chi connectivity index (χ0) is 10.7. The molecule has 0 unspecified atom stereocenters. The van der Waals surface area contributed by atoms with Crippen LogP contribution < -0.4 is 5.56 Å². The van der Waals surface area contributed by atoms with Crippen molar-refractivity contribution in [2.45, 2.75) is 13.5 Å². The Labute approximate surface area is 87.2 Å². The minimum atomic E-state index is 0.00476. The zero-order valence-electron chi connectivity index (χ0n) is 8.42. The number of pyridine rings is 1. The van der Waals surface area contributed by atoms with Crippen LogP contribution in [0.4, 0.5) is 0 Å². The molecule has 0 N–H and O–H groups in total. The molecule has 2 heterocycles. The Morgan fingerprint density at radius 1 is 1.33 bits per heavy atom. The fourth-order valence-electron chi connectivity index (χ4n) is 1.38. The largest absolute Gasteiger partial charge is 0.315 e. The van der Waals surface area contributed by atoms with E-state index >= 15 is 0 Å². The van der Waals surface area contributed by atoms with Crippen molar-refractivity contribution in [1.29, 1.82) is 0 Å². The van der Waals surface area contributed by atoms with Gasteiger partial charge in [0.2, 0.25) is 0 Å². The molecule has 0 aliphatic rings. The van der Waals surface area contributed by atoms with E-state index in [2.05, 4.69) is 9.97 Å². The Morgan fingerprint density at radius 3 is 2.87 bits per heavy atom. The average Bonchev–Trinajstić information content (AvgIpc) is 2.31. The van der Waals surface area contributed by atoms with Crippen molar-refractivity contribution in [2.24, 2.45) is 0 Å². The van der Waals surface area contributed by atoms with E-state index in [1.807, 2.05) is 6.92 Å². The lowest BCUT2D eigenvalue weighted by Crippen LogP contribution is -2.17. The van der Waals surface area contributed by atoms with E-state index in [-0.39, 0.29) is 5.56 Å². The summed E-state index contributed by atoms with van der Waals surface area (Å²) in [6, 6.07) is 3.31. The van der Waals surface area contributed by atoms with Gasteiger partial charge < -0.3 is 4.57 Å². The second-order valence-corrected chi connectivity index (χ2v) is 3.13. The molecule has 0 spiro atoms. The summed E-state index contributed by atoms with van der Waals surface area (Å²) in [6.45, 7) is 2.59. The molecule has 0 aliphatic carbocycles. The molecule has 0 saturated carbocycles. The molecule has 0 saturated heterocycles. The first-order chi connectivity index (χ1) is 7.31. The summed E-state index contributed by atoms with van der Waals surface area (Å²) in [5, 5.41) is 0. The van der Waals surface area contributed by atoms with Gasteiger partial charge in [0, 0.05) is 36.8 Å². The topological polar surface area (TPSA) is 47.8 Å². The Morgan fingerprint density at radius 2 is 2.20 bits per heavy atom. The van der Waals surface area contributed by atoms with Gasteiger partial charge in [-0.3, -0.25) is 14.8 Å². The molecule has 0 fully saturated rings. The van der Waals surface area contributed by atoms with Crippen molar-refractivity contribution in [3.63, 3.8) is 0 Å². The minimum Gasteiger partial charge on any atom is -0.315 e. The summed E-state index contributed by atoms with van der Waals surface area (Å²) in [4.78, 5) is 19.5. The fourth-order valence-corrected chi connectivity index (χ4v) is 1.38. The van der Waals surface area contributed by atoms with E-state index in [1.165, 1.54) is 0 Å². The van der Waals surface area contributed by atoms with Crippen molar-refractivity contribution in [1.82, 2.24) is 14.5 Å². The molecule has 0 aromatic carbocycles. The Hall–Kier alpha value is -1.97. The first-order valence-corrected chi connectivity index (χ1v) is 4.78. The molecule has 76 valence electrons. The lowest BCUT2D eigenvalue weighted by molar-refractivity contribution is 0.728. The Balaban J connectivity index is 2.51. The maximum Gasteiger partial charge on any atom is 0.250 e. The van der Waals surface area contributed by atoms with Crippen LogP contribution in [0.5, 0.6) is 0 Å². The van der Waals surface area contributed by atoms with E-state index in [1.54, 1.807) is 41.5 Å². The van der Waals surface area contributed by atoms with E-state index in [9.17, 15) is 4.79 Å². The van der Waals surface area contributed by atoms with Crippen molar-refractivity contribution in [2.75, 3.05) is 0 Å². The number of hydrogen-bond donors (Lipinski definition) is 0. The fraction of sp³-hybridized carbons (Fsp3) is 0.182. The molecule has 4 nitrogen and oxygen atoms in total. The highest BCUT2D eigenvalue weighted by Gasteiger charge is 2.00. The van der Waals surface area contributed by atoms with Crippen molar-refractivity contribution >= 4 is 0 Å². The third-order valence-corrected chi connectivity index (χ3v) is 2.18. The van der Waals surface area contributed by atoms with Gasteiger partial charge in [-0.25, -0.2) is 0 Å². The van der Waals surface area contributed by atoms with Crippen LogP contribution in [-0.2, 0) is 6.54 Å². The molecule has 2 aromatic rings. The number of aromatic nitrogens is 3. The molecule has 2 rings (SSSR count). The second kappa shape index (κ2) is 4.04. The van der Waals surface area contributed by atoms with Gasteiger partial charge in [-0.05, 0) is 13.0 Å². The molecule has 2 aromatic heterocycles. The minimum absolute atomic E-state index is 0.00476. The molecular weight excluding hydrogens is 190 g/mol. The summed E-state index contributed by atoms with van der Waals surface area (Å²) in [5.41, 5.74) is 1.69. The molecule has 0 amide bonds. The predicted molar refractivity (Wildman–Crippen MR) is 57.4 cm³/mol.